The van der Waals surface area contributed by atoms with E-state index in [4.69, 9.17) is 5.26 Å². The summed E-state index contributed by atoms with van der Waals surface area (Å²) >= 11 is 0. The van der Waals surface area contributed by atoms with Crippen LogP contribution >= 0.6 is 0 Å². The summed E-state index contributed by atoms with van der Waals surface area (Å²) in [6, 6.07) is 8.18. The lowest BCUT2D eigenvalue weighted by molar-refractivity contribution is -0.116. The Kier molecular flexibility index (Phi) is 5.47. The third kappa shape index (κ3) is 4.16. The molecule has 0 spiro atoms. The Balaban J connectivity index is 1.98. The summed E-state index contributed by atoms with van der Waals surface area (Å²) in [5.41, 5.74) is 3.03. The Morgan fingerprint density at radius 2 is 2.13 bits per heavy atom. The zero-order chi connectivity index (χ0) is 16.8. The van der Waals surface area contributed by atoms with Crippen molar-refractivity contribution in [3.63, 3.8) is 0 Å². The van der Waals surface area contributed by atoms with Crippen molar-refractivity contribution in [3.8, 4) is 6.07 Å². The molecule has 1 aromatic heterocycles. The van der Waals surface area contributed by atoms with Gasteiger partial charge in [0.1, 0.15) is 5.82 Å². The Bertz CT molecular complexity index is 746. The number of carbonyl (C=O) groups excluding carboxylic acids is 1. The van der Waals surface area contributed by atoms with Gasteiger partial charge in [-0.2, -0.15) is 10.4 Å². The van der Waals surface area contributed by atoms with Crippen LogP contribution in [0, 0.1) is 31.0 Å². The first-order valence-electron chi connectivity index (χ1n) is 7.47. The van der Waals surface area contributed by atoms with Crippen molar-refractivity contribution in [1.82, 2.24) is 9.78 Å². The third-order valence-corrected chi connectivity index (χ3v) is 3.72. The molecule has 0 fully saturated rings. The first-order chi connectivity index (χ1) is 11.0. The van der Waals surface area contributed by atoms with Crippen LogP contribution in [0.1, 0.15) is 29.8 Å². The number of halogens is 1. The van der Waals surface area contributed by atoms with Crippen molar-refractivity contribution in [2.24, 2.45) is 0 Å². The molecule has 0 aliphatic carbocycles. The molecule has 1 heterocycles. The maximum absolute atomic E-state index is 13.5. The average molecular weight is 314 g/mol. The van der Waals surface area contributed by atoms with Crippen LogP contribution in [0.25, 0.3) is 0 Å². The van der Waals surface area contributed by atoms with Gasteiger partial charge in [0, 0.05) is 12.1 Å². The molecule has 0 unspecified atom stereocenters. The second-order valence-electron chi connectivity index (χ2n) is 5.31. The van der Waals surface area contributed by atoms with Crippen LogP contribution in [-0.4, -0.2) is 15.7 Å². The molecular weight excluding hydrogens is 295 g/mol. The number of nitrogens with one attached hydrogen (secondary N) is 1. The van der Waals surface area contributed by atoms with Crippen LogP contribution in [0.5, 0.6) is 0 Å². The Labute approximate surface area is 134 Å². The first-order valence-corrected chi connectivity index (χ1v) is 7.47. The number of hydrogen-bond acceptors (Lipinski definition) is 3. The molecule has 5 nitrogen and oxygen atoms in total. The molecule has 2 aromatic rings. The highest BCUT2D eigenvalue weighted by Crippen LogP contribution is 2.17. The highest BCUT2D eigenvalue weighted by atomic mass is 19.1. The molecule has 0 atom stereocenters. The van der Waals surface area contributed by atoms with Crippen LogP contribution in [-0.2, 0) is 17.8 Å². The van der Waals surface area contributed by atoms with Gasteiger partial charge in [-0.3, -0.25) is 9.48 Å². The molecule has 2 rings (SSSR count). The van der Waals surface area contributed by atoms with E-state index in [1.807, 2.05) is 13.8 Å². The van der Waals surface area contributed by atoms with E-state index in [2.05, 4.69) is 16.5 Å². The summed E-state index contributed by atoms with van der Waals surface area (Å²) in [5.74, 6) is -0.684. The van der Waals surface area contributed by atoms with Gasteiger partial charge in [-0.05, 0) is 38.0 Å². The fourth-order valence-electron chi connectivity index (χ4n) is 2.48. The number of benzene rings is 1. The lowest BCUT2D eigenvalue weighted by atomic mass is 10.1. The second-order valence-corrected chi connectivity index (χ2v) is 5.31. The van der Waals surface area contributed by atoms with Crippen molar-refractivity contribution >= 4 is 11.6 Å². The fourth-order valence-corrected chi connectivity index (χ4v) is 2.48. The van der Waals surface area contributed by atoms with Gasteiger partial charge < -0.3 is 5.32 Å². The normalized spacial score (nSPS) is 10.3. The lowest BCUT2D eigenvalue weighted by Crippen LogP contribution is -2.13. The van der Waals surface area contributed by atoms with Crippen molar-refractivity contribution in [1.29, 1.82) is 5.26 Å². The summed E-state index contributed by atoms with van der Waals surface area (Å²) in [5, 5.41) is 15.6. The minimum atomic E-state index is -0.447. The zero-order valence-corrected chi connectivity index (χ0v) is 13.3. The number of carbonyl (C=O) groups is 1. The number of amides is 1. The number of para-hydroxylation sites is 1. The zero-order valence-electron chi connectivity index (χ0n) is 13.3. The predicted molar refractivity (Wildman–Crippen MR) is 85.3 cm³/mol. The Morgan fingerprint density at radius 3 is 2.83 bits per heavy atom. The van der Waals surface area contributed by atoms with E-state index in [9.17, 15) is 9.18 Å². The van der Waals surface area contributed by atoms with Crippen molar-refractivity contribution in [2.45, 2.75) is 39.7 Å². The van der Waals surface area contributed by atoms with E-state index < -0.39 is 5.82 Å². The maximum atomic E-state index is 13.5. The highest BCUT2D eigenvalue weighted by Gasteiger charge is 2.13. The molecule has 0 aliphatic heterocycles. The number of rotatable bonds is 6. The number of anilines is 1. The molecule has 6 heteroatoms. The van der Waals surface area contributed by atoms with Crippen LogP contribution in [0.3, 0.4) is 0 Å². The van der Waals surface area contributed by atoms with Gasteiger partial charge in [-0.25, -0.2) is 4.39 Å². The van der Waals surface area contributed by atoms with Gasteiger partial charge in [-0.1, -0.05) is 12.1 Å². The summed E-state index contributed by atoms with van der Waals surface area (Å²) in [6.45, 7) is 4.37. The smallest absolute Gasteiger partial charge is 0.224 e. The van der Waals surface area contributed by atoms with E-state index in [1.54, 1.807) is 16.8 Å². The summed E-state index contributed by atoms with van der Waals surface area (Å²) in [7, 11) is 0. The minimum Gasteiger partial charge on any atom is -0.324 e. The molecule has 120 valence electrons. The topological polar surface area (TPSA) is 70.7 Å². The molecule has 0 bridgehead atoms. The maximum Gasteiger partial charge on any atom is 0.224 e. The van der Waals surface area contributed by atoms with E-state index in [0.717, 1.165) is 17.0 Å². The number of hydrogen-bond donors (Lipinski definition) is 1. The van der Waals surface area contributed by atoms with Crippen LogP contribution < -0.4 is 5.32 Å². The third-order valence-electron chi connectivity index (χ3n) is 3.72. The fraction of sp³-hybridized carbons (Fsp3) is 0.353. The van der Waals surface area contributed by atoms with Gasteiger partial charge in [0.15, 0.2) is 0 Å². The van der Waals surface area contributed by atoms with E-state index >= 15 is 0 Å². The minimum absolute atomic E-state index is 0.190. The molecule has 0 saturated heterocycles. The van der Waals surface area contributed by atoms with Crippen LogP contribution in [0.4, 0.5) is 10.1 Å². The average Bonchev–Trinajstić information content (AvgIpc) is 2.79. The Hall–Kier alpha value is -2.68. The lowest BCUT2D eigenvalue weighted by Gasteiger charge is -2.07. The van der Waals surface area contributed by atoms with E-state index in [1.165, 1.54) is 12.1 Å². The largest absolute Gasteiger partial charge is 0.324 e. The quantitative estimate of drug-likeness (QED) is 0.890. The van der Waals surface area contributed by atoms with Gasteiger partial charge in [0.05, 0.1) is 30.4 Å². The molecule has 0 saturated carbocycles. The molecule has 1 aromatic carbocycles. The Morgan fingerprint density at radius 1 is 1.39 bits per heavy atom. The summed E-state index contributed by atoms with van der Waals surface area (Å²) in [6.07, 6.45) is 1.18. The molecular formula is C17H19FN4O. The molecule has 1 amide bonds. The summed E-state index contributed by atoms with van der Waals surface area (Å²) < 4.78 is 15.3. The summed E-state index contributed by atoms with van der Waals surface area (Å²) in [4.78, 5) is 12.0. The van der Waals surface area contributed by atoms with Gasteiger partial charge in [0.25, 0.3) is 0 Å². The second kappa shape index (κ2) is 7.54. The van der Waals surface area contributed by atoms with Crippen LogP contribution in [0.15, 0.2) is 24.3 Å². The molecule has 0 aliphatic rings. The number of aromatic nitrogens is 2. The number of nitrogens with zero attached hydrogens (tertiary/aromatic N) is 3. The SMILES string of the molecule is Cc1nn(CCC#N)c(C)c1CCC(=O)Nc1ccccc1F. The standard InChI is InChI=1S/C17H19FN4O/c1-12-14(13(2)22(21-12)11-5-10-19)8-9-17(23)20-16-7-4-3-6-15(16)18/h3-4,6-7H,5,8-9,11H2,1-2H3,(H,20,23). The molecule has 23 heavy (non-hydrogen) atoms. The van der Waals surface area contributed by atoms with Gasteiger partial charge in [-0.15, -0.1) is 0 Å². The van der Waals surface area contributed by atoms with Crippen molar-refractivity contribution in [2.75, 3.05) is 5.32 Å². The van der Waals surface area contributed by atoms with Gasteiger partial charge in [0.2, 0.25) is 5.91 Å². The van der Waals surface area contributed by atoms with Crippen molar-refractivity contribution < 1.29 is 9.18 Å². The van der Waals surface area contributed by atoms with E-state index in [0.29, 0.717) is 19.4 Å². The molecule has 0 radical (unpaired) electrons. The predicted octanol–water partition coefficient (Wildman–Crippen LogP) is 3.12. The molecule has 1 N–H and O–H groups in total. The van der Waals surface area contributed by atoms with Crippen molar-refractivity contribution in [3.05, 3.63) is 47.0 Å². The van der Waals surface area contributed by atoms with Gasteiger partial charge >= 0.3 is 0 Å². The first kappa shape index (κ1) is 16.7. The number of aryl methyl sites for hydroxylation is 2. The van der Waals surface area contributed by atoms with E-state index in [-0.39, 0.29) is 18.0 Å². The number of nitriles is 1. The highest BCUT2D eigenvalue weighted by molar-refractivity contribution is 5.90. The van der Waals surface area contributed by atoms with Crippen LogP contribution in [0.2, 0.25) is 0 Å². The monoisotopic (exact) mass is 314 g/mol.